The lowest BCUT2D eigenvalue weighted by atomic mass is 9.86. The van der Waals surface area contributed by atoms with Crippen molar-refractivity contribution in [1.29, 1.82) is 0 Å². The molecule has 0 aliphatic heterocycles. The fourth-order valence-corrected chi connectivity index (χ4v) is 12.1. The molecule has 3 rings (SSSR count). The van der Waals surface area contributed by atoms with Gasteiger partial charge in [-0.2, -0.15) is 0 Å². The maximum absolute atomic E-state index is 2.61. The molecule has 0 N–H and O–H groups in total. The van der Waals surface area contributed by atoms with Crippen molar-refractivity contribution in [2.75, 3.05) is 4.90 Å². The molecule has 0 radical (unpaired) electrons. The highest BCUT2D eigenvalue weighted by molar-refractivity contribution is 7.67. The molecule has 0 bridgehead atoms. The van der Waals surface area contributed by atoms with Gasteiger partial charge in [-0.25, -0.2) is 0 Å². The highest BCUT2D eigenvalue weighted by Crippen LogP contribution is 2.52. The van der Waals surface area contributed by atoms with Crippen LogP contribution >= 0.6 is 15.8 Å². The molecule has 1 nitrogen and oxygen atoms in total. The number of nitrogens with zero attached hydrogens (tertiary/aromatic N) is 1. The molecule has 0 aromatic heterocycles. The maximum atomic E-state index is 2.61. The van der Waals surface area contributed by atoms with Gasteiger partial charge in [0.25, 0.3) is 0 Å². The van der Waals surface area contributed by atoms with Gasteiger partial charge >= 0.3 is 0 Å². The molecule has 0 unspecified atom stereocenters. The van der Waals surface area contributed by atoms with Gasteiger partial charge in [-0.15, -0.1) is 0 Å². The van der Waals surface area contributed by atoms with E-state index in [4.69, 9.17) is 0 Å². The molecule has 3 aromatic carbocycles. The zero-order valence-corrected chi connectivity index (χ0v) is 30.3. The van der Waals surface area contributed by atoms with Crippen molar-refractivity contribution in [2.24, 2.45) is 0 Å². The van der Waals surface area contributed by atoms with Crippen LogP contribution in [-0.2, 0) is 10.8 Å². The summed E-state index contributed by atoms with van der Waals surface area (Å²) in [7, 11) is -0.764. The minimum atomic E-state index is -0.382. The molecule has 224 valence electrons. The Morgan fingerprint density at radius 2 is 0.829 bits per heavy atom. The monoisotopic (exact) mass is 589 g/mol. The maximum Gasteiger partial charge on any atom is 0.0539 e. The van der Waals surface area contributed by atoms with Gasteiger partial charge in [-0.1, -0.05) is 143 Å². The van der Waals surface area contributed by atoms with Crippen molar-refractivity contribution < 1.29 is 0 Å². The summed E-state index contributed by atoms with van der Waals surface area (Å²) in [6.07, 6.45) is 0. The molecule has 3 aromatic rings. The van der Waals surface area contributed by atoms with Crippen molar-refractivity contribution >= 4 is 43.5 Å². The van der Waals surface area contributed by atoms with E-state index in [0.717, 1.165) is 0 Å². The third-order valence-electron chi connectivity index (χ3n) is 7.96. The van der Waals surface area contributed by atoms with Crippen LogP contribution < -0.4 is 15.5 Å². The van der Waals surface area contributed by atoms with Crippen LogP contribution in [0, 0.1) is 0 Å². The minimum Gasteiger partial charge on any atom is -0.309 e. The SMILES string of the molecule is CC(C)P(c1cc(C(C)(C)C)ccc1N(c1ccccc1)c1ccc(C(C)(C)C)cc1P(C(C)C)C(C)C)C(C)C. The lowest BCUT2D eigenvalue weighted by Gasteiger charge is -2.38. The van der Waals surface area contributed by atoms with E-state index in [2.05, 4.69) is 169 Å². The normalized spacial score (nSPS) is 13.0. The Bertz CT molecular complexity index is 1180. The highest BCUT2D eigenvalue weighted by Gasteiger charge is 2.31. The van der Waals surface area contributed by atoms with Crippen LogP contribution in [0.15, 0.2) is 66.7 Å². The number of hydrogen-bond acceptors (Lipinski definition) is 1. The molecule has 0 aliphatic carbocycles. The van der Waals surface area contributed by atoms with Crippen LogP contribution in [0.5, 0.6) is 0 Å². The van der Waals surface area contributed by atoms with Crippen LogP contribution in [0.4, 0.5) is 17.1 Å². The lowest BCUT2D eigenvalue weighted by Crippen LogP contribution is -2.29. The Hall–Kier alpha value is -1.68. The van der Waals surface area contributed by atoms with E-state index in [1.54, 1.807) is 0 Å². The predicted octanol–water partition coefficient (Wildman–Crippen LogP) is 11.6. The molecule has 0 aliphatic rings. The molecule has 0 heterocycles. The van der Waals surface area contributed by atoms with Gasteiger partial charge in [0.05, 0.1) is 11.4 Å². The van der Waals surface area contributed by atoms with E-state index in [0.29, 0.717) is 22.6 Å². The molecule has 0 amide bonds. The second-order valence-corrected chi connectivity index (χ2v) is 21.5. The first-order valence-corrected chi connectivity index (χ1v) is 18.6. The van der Waals surface area contributed by atoms with Crippen molar-refractivity contribution in [3.05, 3.63) is 77.9 Å². The Balaban J connectivity index is 2.50. The first-order chi connectivity index (χ1) is 18.9. The van der Waals surface area contributed by atoms with Crippen molar-refractivity contribution in [3.63, 3.8) is 0 Å². The first-order valence-electron chi connectivity index (χ1n) is 15.7. The molecular weight excluding hydrogens is 532 g/mol. The topological polar surface area (TPSA) is 3.24 Å². The number of benzene rings is 3. The molecule has 0 saturated carbocycles. The van der Waals surface area contributed by atoms with Gasteiger partial charge in [0, 0.05) is 16.3 Å². The molecule has 3 heteroatoms. The van der Waals surface area contributed by atoms with Gasteiger partial charge in [0.15, 0.2) is 0 Å². The number of para-hydroxylation sites is 1. The lowest BCUT2D eigenvalue weighted by molar-refractivity contribution is 0.590. The van der Waals surface area contributed by atoms with E-state index in [1.165, 1.54) is 38.8 Å². The van der Waals surface area contributed by atoms with Crippen molar-refractivity contribution in [3.8, 4) is 0 Å². The largest absolute Gasteiger partial charge is 0.309 e. The van der Waals surface area contributed by atoms with Crippen LogP contribution in [0.1, 0.15) is 108 Å². The summed E-state index contributed by atoms with van der Waals surface area (Å²) >= 11 is 0. The quantitative estimate of drug-likeness (QED) is 0.224. The summed E-state index contributed by atoms with van der Waals surface area (Å²) in [6.45, 7) is 33.4. The predicted molar refractivity (Wildman–Crippen MR) is 192 cm³/mol. The summed E-state index contributed by atoms with van der Waals surface area (Å²) in [5.74, 6) is 0. The van der Waals surface area contributed by atoms with E-state index < -0.39 is 0 Å². The summed E-state index contributed by atoms with van der Waals surface area (Å²) in [6, 6.07) is 25.9. The van der Waals surface area contributed by atoms with Gasteiger partial charge in [0.1, 0.15) is 0 Å². The van der Waals surface area contributed by atoms with Crippen LogP contribution in [0.2, 0.25) is 0 Å². The zero-order valence-electron chi connectivity index (χ0n) is 28.5. The summed E-state index contributed by atoms with van der Waals surface area (Å²) < 4.78 is 0. The Morgan fingerprint density at radius 1 is 0.488 bits per heavy atom. The summed E-state index contributed by atoms with van der Waals surface area (Å²) in [5.41, 5.74) is 9.39. The van der Waals surface area contributed by atoms with E-state index >= 15 is 0 Å². The Kier molecular flexibility index (Phi) is 11.0. The second-order valence-electron chi connectivity index (χ2n) is 14.8. The summed E-state index contributed by atoms with van der Waals surface area (Å²) in [5, 5.41) is 3.07. The highest BCUT2D eigenvalue weighted by atomic mass is 31.1. The molecule has 0 atom stereocenters. The average molecular weight is 590 g/mol. The van der Waals surface area contributed by atoms with Gasteiger partial charge in [-0.3, -0.25) is 0 Å². The molecule has 0 spiro atoms. The molecule has 0 saturated heterocycles. The van der Waals surface area contributed by atoms with Gasteiger partial charge in [-0.05, 0) is 81.0 Å². The number of rotatable bonds is 9. The number of hydrogen-bond donors (Lipinski definition) is 0. The van der Waals surface area contributed by atoms with E-state index in [-0.39, 0.29) is 26.7 Å². The standard InChI is InChI=1S/C38H57NP2/c1-26(2)40(27(3)4)35-24-30(37(9,10)11)20-22-33(35)39(32-18-16-15-17-19-32)34-23-21-31(38(12,13)14)25-36(34)41(28(5)6)29(7)8/h15-29H,1-14H3. The Labute approximate surface area is 256 Å². The molecular formula is C38H57NP2. The second kappa shape index (κ2) is 13.3. The Morgan fingerprint density at radius 3 is 1.12 bits per heavy atom. The smallest absolute Gasteiger partial charge is 0.0539 e. The van der Waals surface area contributed by atoms with Crippen molar-refractivity contribution in [1.82, 2.24) is 0 Å². The third kappa shape index (κ3) is 7.84. The van der Waals surface area contributed by atoms with Gasteiger partial charge < -0.3 is 4.90 Å². The van der Waals surface area contributed by atoms with Crippen LogP contribution in [0.3, 0.4) is 0 Å². The minimum absolute atomic E-state index is 0.100. The first kappa shape index (κ1) is 33.8. The van der Waals surface area contributed by atoms with Crippen molar-refractivity contribution in [2.45, 2.75) is 130 Å². The summed E-state index contributed by atoms with van der Waals surface area (Å²) in [4.78, 5) is 2.61. The van der Waals surface area contributed by atoms with Crippen LogP contribution in [-0.4, -0.2) is 22.6 Å². The fourth-order valence-electron chi connectivity index (χ4n) is 6.06. The van der Waals surface area contributed by atoms with E-state index in [1.807, 2.05) is 0 Å². The fraction of sp³-hybridized carbons (Fsp3) is 0.526. The van der Waals surface area contributed by atoms with E-state index in [9.17, 15) is 0 Å². The van der Waals surface area contributed by atoms with Crippen LogP contribution in [0.25, 0.3) is 0 Å². The molecule has 0 fully saturated rings. The number of anilines is 3. The third-order valence-corrected chi connectivity index (χ3v) is 14.2. The zero-order chi connectivity index (χ0) is 30.9. The molecule has 41 heavy (non-hydrogen) atoms. The average Bonchev–Trinajstić information content (AvgIpc) is 2.84. The van der Waals surface area contributed by atoms with Gasteiger partial charge in [0.2, 0.25) is 0 Å².